The molecular weight excluding hydrogens is 1060 g/mol. The fourth-order valence-corrected chi connectivity index (χ4v) is 12.3. The molecule has 4 aliphatic heterocycles. The summed E-state index contributed by atoms with van der Waals surface area (Å²) >= 11 is 1.30. The average molecular weight is 1130 g/mol. The van der Waals surface area contributed by atoms with Crippen LogP contribution in [0, 0.1) is 13.8 Å². The van der Waals surface area contributed by atoms with Gasteiger partial charge < -0.3 is 33.1 Å². The standard InChI is InChI=1S/C30H29F2N7O2S.C29H31F2N5O3/c1-18-21(19-4-6-20(7-5-19)37-10-12-41-13-11-37)15-22(28(31)32)23-16-39(36-25(18)23)27(29(40)35-30-33-8-14-42-30)26-24-3-2-9-38(24)17-34-26;1-3-39-29(37)27(26-24-5-4-10-35(24)17-32-26)36-16-23-22(28(30)31)15-21(18(2)25(23)33-36)19-6-8-20(9-7-19)34-11-13-38-14-12-34/h4-8,14-17,27-28H,2-3,9-13H2,1H3,(H,33,35,40);6-9,15-17,27-28H,3-5,10-14H2,1-2H3. The van der Waals surface area contributed by atoms with E-state index in [4.69, 9.17) is 24.4 Å². The number of thiazole rings is 1. The van der Waals surface area contributed by atoms with Crippen molar-refractivity contribution in [1.82, 2.24) is 43.6 Å². The van der Waals surface area contributed by atoms with E-state index in [0.717, 1.165) is 110 Å². The number of carbonyl (C=O) groups is 2. The monoisotopic (exact) mass is 1120 g/mol. The number of aromatic nitrogens is 9. The molecule has 0 aliphatic carbocycles. The first-order valence-electron chi connectivity index (χ1n) is 27.4. The highest BCUT2D eigenvalue weighted by molar-refractivity contribution is 7.13. The van der Waals surface area contributed by atoms with E-state index in [1.807, 2.05) is 71.5 Å². The van der Waals surface area contributed by atoms with Crippen LogP contribution in [-0.4, -0.2) is 115 Å². The predicted octanol–water partition coefficient (Wildman–Crippen LogP) is 10.7. The summed E-state index contributed by atoms with van der Waals surface area (Å²) in [7, 11) is 0. The van der Waals surface area contributed by atoms with Crippen LogP contribution in [0.4, 0.5) is 34.1 Å². The van der Waals surface area contributed by atoms with E-state index in [9.17, 15) is 27.2 Å². The van der Waals surface area contributed by atoms with Gasteiger partial charge in [-0.15, -0.1) is 11.3 Å². The van der Waals surface area contributed by atoms with Gasteiger partial charge in [-0.1, -0.05) is 24.3 Å². The van der Waals surface area contributed by atoms with E-state index in [1.165, 1.54) is 26.9 Å². The minimum absolute atomic E-state index is 0.119. The van der Waals surface area contributed by atoms with Crippen LogP contribution in [0.3, 0.4) is 0 Å². The molecule has 4 aliphatic rings. The third-order valence-electron chi connectivity index (χ3n) is 15.8. The summed E-state index contributed by atoms with van der Waals surface area (Å²) in [5, 5.41) is 15.3. The predicted molar refractivity (Wildman–Crippen MR) is 301 cm³/mol. The molecule has 420 valence electrons. The minimum atomic E-state index is -2.73. The van der Waals surface area contributed by atoms with Crippen LogP contribution in [-0.2, 0) is 49.7 Å². The molecule has 1 N–H and O–H groups in total. The normalized spacial score (nSPS) is 16.0. The van der Waals surface area contributed by atoms with Crippen LogP contribution in [0.15, 0.2) is 97.3 Å². The van der Waals surface area contributed by atoms with Crippen molar-refractivity contribution in [2.45, 2.75) is 84.5 Å². The van der Waals surface area contributed by atoms with Gasteiger partial charge in [-0.25, -0.2) is 37.3 Å². The van der Waals surface area contributed by atoms with Gasteiger partial charge in [0.1, 0.15) is 0 Å². The second-order valence-electron chi connectivity index (χ2n) is 20.5. The van der Waals surface area contributed by atoms with Gasteiger partial charge in [-0.2, -0.15) is 10.2 Å². The Morgan fingerprint density at radius 2 is 1.12 bits per heavy atom. The average Bonchev–Trinajstić information content (AvgIpc) is 4.49. The highest BCUT2D eigenvalue weighted by Crippen LogP contribution is 2.41. The minimum Gasteiger partial charge on any atom is -0.464 e. The fraction of sp³-hybridized carbons (Fsp3) is 0.373. The maximum atomic E-state index is 14.5. The van der Waals surface area contributed by atoms with Crippen molar-refractivity contribution >= 4 is 61.5 Å². The third-order valence-corrected chi connectivity index (χ3v) is 16.5. The summed E-state index contributed by atoms with van der Waals surface area (Å²) in [5.41, 5.74) is 10.4. The van der Waals surface area contributed by atoms with Gasteiger partial charge in [0.15, 0.2) is 17.2 Å². The van der Waals surface area contributed by atoms with E-state index >= 15 is 0 Å². The van der Waals surface area contributed by atoms with Gasteiger partial charge in [0.25, 0.3) is 18.8 Å². The molecule has 2 saturated heterocycles. The highest BCUT2D eigenvalue weighted by Gasteiger charge is 2.35. The molecule has 2 atom stereocenters. The van der Waals surface area contributed by atoms with Crippen molar-refractivity contribution in [1.29, 1.82) is 0 Å². The smallest absolute Gasteiger partial charge is 0.337 e. The van der Waals surface area contributed by atoms with Gasteiger partial charge >= 0.3 is 5.97 Å². The van der Waals surface area contributed by atoms with Crippen molar-refractivity contribution in [2.75, 3.05) is 74.3 Å². The number of anilines is 3. The fourth-order valence-electron chi connectivity index (χ4n) is 11.7. The number of carbonyl (C=O) groups excluding carboxylic acids is 2. The molecule has 5 aromatic heterocycles. The molecule has 1 amide bonds. The lowest BCUT2D eigenvalue weighted by molar-refractivity contribution is -0.146. The molecule has 2 unspecified atom stereocenters. The number of rotatable bonds is 14. The molecular formula is C59H60F4N12O5S. The topological polar surface area (TPSA) is 165 Å². The van der Waals surface area contributed by atoms with Crippen molar-refractivity contribution in [2.24, 2.45) is 0 Å². The van der Waals surface area contributed by atoms with Crippen LogP contribution in [0.1, 0.15) is 89.7 Å². The summed E-state index contributed by atoms with van der Waals surface area (Å²) in [6, 6.07) is 17.1. The maximum absolute atomic E-state index is 14.5. The van der Waals surface area contributed by atoms with Gasteiger partial charge in [-0.3, -0.25) is 19.5 Å². The Labute approximate surface area is 468 Å². The molecule has 9 aromatic rings. The number of ether oxygens (including phenoxy) is 3. The molecule has 0 spiro atoms. The third kappa shape index (κ3) is 10.4. The van der Waals surface area contributed by atoms with E-state index in [2.05, 4.69) is 30.1 Å². The quantitative estimate of drug-likeness (QED) is 0.0811. The van der Waals surface area contributed by atoms with Crippen molar-refractivity contribution in [3.8, 4) is 22.3 Å². The Morgan fingerprint density at radius 1 is 0.654 bits per heavy atom. The van der Waals surface area contributed by atoms with Crippen LogP contribution < -0.4 is 15.1 Å². The SMILES string of the molecule is CCOC(=O)C(c1ncn2c1CCC2)n1cc2c(C(F)F)cc(-c3ccc(N4CCOCC4)cc3)c(C)c2n1.Cc1c(-c2ccc(N3CCOCC3)cc2)cc(C(F)F)c2cn(C(C(=O)Nc3nccs3)c3ncn4c3CCC4)nc12. The zero-order valence-corrected chi connectivity index (χ0v) is 45.9. The van der Waals surface area contributed by atoms with Crippen molar-refractivity contribution < 1.29 is 41.4 Å². The molecule has 0 radical (unpaired) electrons. The van der Waals surface area contributed by atoms with Gasteiger partial charge in [0, 0.05) is 108 Å². The first-order chi connectivity index (χ1) is 39.4. The summed E-state index contributed by atoms with van der Waals surface area (Å²) in [5.74, 6) is -0.879. The van der Waals surface area contributed by atoms with Crippen LogP contribution >= 0.6 is 11.3 Å². The molecule has 2 fully saturated rings. The van der Waals surface area contributed by atoms with Crippen molar-refractivity contribution in [3.05, 3.63) is 142 Å². The number of hydrogen-bond acceptors (Lipinski definition) is 13. The van der Waals surface area contributed by atoms with Crippen LogP contribution in [0.2, 0.25) is 0 Å². The number of esters is 1. The lowest BCUT2D eigenvalue weighted by Crippen LogP contribution is -2.36. The number of morpholine rings is 2. The molecule has 81 heavy (non-hydrogen) atoms. The van der Waals surface area contributed by atoms with E-state index in [0.29, 0.717) is 75.9 Å². The Hall–Kier alpha value is -7.95. The van der Waals surface area contributed by atoms with Crippen LogP contribution in [0.25, 0.3) is 44.1 Å². The number of halogens is 4. The van der Waals surface area contributed by atoms with Crippen LogP contribution in [0.5, 0.6) is 0 Å². The zero-order chi connectivity index (χ0) is 55.9. The number of nitrogens with zero attached hydrogens (tertiary/aromatic N) is 11. The number of nitrogens with one attached hydrogen (secondary N) is 1. The summed E-state index contributed by atoms with van der Waals surface area (Å²) in [6.07, 6.45) is 6.21. The first kappa shape index (κ1) is 53.7. The molecule has 13 rings (SSSR count). The second-order valence-corrected chi connectivity index (χ2v) is 21.4. The summed E-state index contributed by atoms with van der Waals surface area (Å²) in [6.45, 7) is 13.4. The molecule has 17 nitrogen and oxygen atoms in total. The second kappa shape index (κ2) is 22.9. The number of fused-ring (bicyclic) bond motifs is 4. The molecule has 4 aromatic carbocycles. The van der Waals surface area contributed by atoms with Crippen molar-refractivity contribution in [3.63, 3.8) is 0 Å². The number of benzene rings is 4. The van der Waals surface area contributed by atoms with Gasteiger partial charge in [0.2, 0.25) is 0 Å². The summed E-state index contributed by atoms with van der Waals surface area (Å²) in [4.78, 5) is 44.7. The number of imidazole rings is 2. The number of alkyl halides is 4. The molecule has 0 bridgehead atoms. The lowest BCUT2D eigenvalue weighted by atomic mass is 9.95. The molecule has 0 saturated carbocycles. The number of hydrogen-bond donors (Lipinski definition) is 1. The lowest BCUT2D eigenvalue weighted by Gasteiger charge is -2.29. The maximum Gasteiger partial charge on any atom is 0.337 e. The summed E-state index contributed by atoms with van der Waals surface area (Å²) < 4.78 is 81.2. The number of amides is 1. The Kier molecular flexibility index (Phi) is 15.2. The van der Waals surface area contributed by atoms with Gasteiger partial charge in [0.05, 0.1) is 68.1 Å². The highest BCUT2D eigenvalue weighted by atomic mass is 32.1. The first-order valence-corrected chi connectivity index (χ1v) is 28.2. The number of aryl methyl sites for hydroxylation is 4. The van der Waals surface area contributed by atoms with E-state index in [1.54, 1.807) is 49.5 Å². The molecule has 22 heteroatoms. The zero-order valence-electron chi connectivity index (χ0n) is 45.0. The van der Waals surface area contributed by atoms with Gasteiger partial charge in [-0.05, 0) is 116 Å². The van der Waals surface area contributed by atoms with E-state index in [-0.39, 0.29) is 23.6 Å². The Bertz CT molecular complexity index is 3730. The molecule has 9 heterocycles. The van der Waals surface area contributed by atoms with E-state index < -0.39 is 30.9 Å². The Balaban J connectivity index is 0.000000161. The largest absolute Gasteiger partial charge is 0.464 e. The Morgan fingerprint density at radius 3 is 1.57 bits per heavy atom.